The van der Waals surface area contributed by atoms with Crippen molar-refractivity contribution in [1.29, 1.82) is 0 Å². The molecule has 0 atom stereocenters. The Morgan fingerprint density at radius 3 is 1.48 bits per heavy atom. The molecule has 67 heavy (non-hydrogen) atoms. The Kier molecular flexibility index (Phi) is 7.95. The van der Waals surface area contributed by atoms with Crippen LogP contribution in [0, 0.1) is 0 Å². The van der Waals surface area contributed by atoms with Crippen molar-refractivity contribution in [1.82, 2.24) is 0 Å². The van der Waals surface area contributed by atoms with E-state index in [9.17, 15) is 0 Å². The fraction of sp³-hybridized carbons (Fsp3) is 0.0625. The van der Waals surface area contributed by atoms with Gasteiger partial charge in [-0.25, -0.2) is 0 Å². The van der Waals surface area contributed by atoms with E-state index in [1.54, 1.807) is 0 Å². The van der Waals surface area contributed by atoms with Crippen molar-refractivity contribution in [2.24, 2.45) is 0 Å². The molecule has 3 nitrogen and oxygen atoms in total. The number of fused-ring (bicyclic) bond motifs is 12. The second kappa shape index (κ2) is 14.1. The van der Waals surface area contributed by atoms with E-state index in [1.165, 1.54) is 55.6 Å². The molecule has 0 saturated heterocycles. The lowest BCUT2D eigenvalue weighted by Gasteiger charge is -2.35. The third-order valence-electron chi connectivity index (χ3n) is 14.9. The van der Waals surface area contributed by atoms with Crippen molar-refractivity contribution in [3.63, 3.8) is 0 Å². The van der Waals surface area contributed by atoms with Gasteiger partial charge in [-0.3, -0.25) is 0 Å². The summed E-state index contributed by atoms with van der Waals surface area (Å²) in [6.07, 6.45) is 0. The Labute approximate surface area is 388 Å². The van der Waals surface area contributed by atoms with E-state index in [2.05, 4.69) is 243 Å². The third-order valence-corrected chi connectivity index (χ3v) is 14.9. The van der Waals surface area contributed by atoms with Gasteiger partial charge in [0, 0.05) is 32.9 Å². The lowest BCUT2D eigenvalue weighted by molar-refractivity contribution is 0.660. The second-order valence-corrected chi connectivity index (χ2v) is 18.7. The number of benzene rings is 10. The summed E-state index contributed by atoms with van der Waals surface area (Å²) in [5, 5.41) is 4.17. The largest absolute Gasteiger partial charge is 0.456 e. The monoisotopic (exact) mass is 857 g/mol. The maximum absolute atomic E-state index is 6.93. The number of anilines is 3. The van der Waals surface area contributed by atoms with Gasteiger partial charge >= 0.3 is 0 Å². The molecule has 2 aromatic heterocycles. The highest BCUT2D eigenvalue weighted by Gasteiger charge is 2.46. The van der Waals surface area contributed by atoms with Gasteiger partial charge in [-0.15, -0.1) is 0 Å². The predicted molar refractivity (Wildman–Crippen MR) is 276 cm³/mol. The molecular weight excluding hydrogens is 815 g/mol. The fourth-order valence-electron chi connectivity index (χ4n) is 12.0. The van der Waals surface area contributed by atoms with Gasteiger partial charge in [0.1, 0.15) is 22.3 Å². The number of nitrogens with zero attached hydrogens (tertiary/aromatic N) is 1. The van der Waals surface area contributed by atoms with Crippen molar-refractivity contribution < 1.29 is 8.83 Å². The Balaban J connectivity index is 1.05. The van der Waals surface area contributed by atoms with Crippen molar-refractivity contribution in [2.75, 3.05) is 4.90 Å². The molecule has 3 heteroatoms. The summed E-state index contributed by atoms with van der Waals surface area (Å²) in [5.41, 5.74) is 20.8. The van der Waals surface area contributed by atoms with E-state index in [0.29, 0.717) is 0 Å². The number of rotatable bonds is 6. The summed E-state index contributed by atoms with van der Waals surface area (Å²) in [6.45, 7) is 4.72. The van der Waals surface area contributed by atoms with E-state index < -0.39 is 5.41 Å². The van der Waals surface area contributed by atoms with Crippen LogP contribution in [0.5, 0.6) is 0 Å². The molecule has 0 N–H and O–H groups in total. The van der Waals surface area contributed by atoms with Crippen LogP contribution in [0.2, 0.25) is 0 Å². The fourth-order valence-corrected chi connectivity index (χ4v) is 12.0. The standard InChI is InChI=1S/C64H43NO2/c1-63(2)52-27-14-12-24-46(52)48-34-32-43(36-54(48)63)65(44-33-35-49-47-25-13-15-28-53(47)64(55(49)37-44,41-20-8-4-9-21-41)42-22-10-5-11-23-42)56-29-17-31-58-62(56)51-39-59-50(38-60(51)67-58)61-45(26-16-30-57(61)66-59)40-18-6-3-7-19-40/h3-39H,1-2H3. The molecule has 0 bridgehead atoms. The molecule has 0 unspecified atom stereocenters. The van der Waals surface area contributed by atoms with Crippen molar-refractivity contribution in [3.05, 3.63) is 258 Å². The van der Waals surface area contributed by atoms with Crippen molar-refractivity contribution in [2.45, 2.75) is 24.7 Å². The van der Waals surface area contributed by atoms with E-state index in [-0.39, 0.29) is 5.41 Å². The first-order valence-electron chi connectivity index (χ1n) is 23.2. The molecule has 0 amide bonds. The molecule has 316 valence electrons. The number of furan rings is 2. The van der Waals surface area contributed by atoms with Crippen molar-refractivity contribution >= 4 is 60.9 Å². The minimum Gasteiger partial charge on any atom is -0.456 e. The van der Waals surface area contributed by atoms with E-state index in [4.69, 9.17) is 8.83 Å². The minimum atomic E-state index is -0.558. The van der Waals surface area contributed by atoms with Crippen LogP contribution < -0.4 is 4.90 Å². The maximum Gasteiger partial charge on any atom is 0.137 e. The normalized spacial score (nSPS) is 14.1. The van der Waals surface area contributed by atoms with Gasteiger partial charge in [-0.05, 0) is 121 Å². The van der Waals surface area contributed by atoms with E-state index in [0.717, 1.165) is 72.1 Å². The van der Waals surface area contributed by atoms with Gasteiger partial charge in [-0.1, -0.05) is 184 Å². The topological polar surface area (TPSA) is 29.5 Å². The third kappa shape index (κ3) is 5.28. The first-order valence-corrected chi connectivity index (χ1v) is 23.2. The zero-order chi connectivity index (χ0) is 44.4. The molecule has 0 saturated carbocycles. The van der Waals surface area contributed by atoms with Crippen molar-refractivity contribution in [3.8, 4) is 33.4 Å². The quantitative estimate of drug-likeness (QED) is 0.167. The maximum atomic E-state index is 6.93. The van der Waals surface area contributed by atoms with Crippen LogP contribution in [0.3, 0.4) is 0 Å². The molecule has 2 aliphatic carbocycles. The van der Waals surface area contributed by atoms with Crippen LogP contribution in [0.1, 0.15) is 47.2 Å². The summed E-state index contributed by atoms with van der Waals surface area (Å²) in [7, 11) is 0. The molecular formula is C64H43NO2. The zero-order valence-corrected chi connectivity index (χ0v) is 37.1. The lowest BCUT2D eigenvalue weighted by Crippen LogP contribution is -2.28. The number of hydrogen-bond donors (Lipinski definition) is 0. The van der Waals surface area contributed by atoms with Gasteiger partial charge in [-0.2, -0.15) is 0 Å². The van der Waals surface area contributed by atoms with E-state index in [1.807, 2.05) is 0 Å². The summed E-state index contributed by atoms with van der Waals surface area (Å²) in [4.78, 5) is 2.47. The van der Waals surface area contributed by atoms with Crippen LogP contribution in [0.15, 0.2) is 233 Å². The summed E-state index contributed by atoms with van der Waals surface area (Å²) in [6, 6.07) is 82.0. The Morgan fingerprint density at radius 2 is 0.821 bits per heavy atom. The summed E-state index contributed by atoms with van der Waals surface area (Å²) >= 11 is 0. The average Bonchev–Trinajstić information content (AvgIpc) is 4.09. The Hall–Kier alpha value is -8.40. The number of hydrogen-bond acceptors (Lipinski definition) is 3. The van der Waals surface area contributed by atoms with Crippen LogP contribution in [0.4, 0.5) is 17.1 Å². The van der Waals surface area contributed by atoms with Gasteiger partial charge < -0.3 is 13.7 Å². The highest BCUT2D eigenvalue weighted by Crippen LogP contribution is 2.58. The van der Waals surface area contributed by atoms with Crippen LogP contribution in [-0.2, 0) is 10.8 Å². The molecule has 0 aliphatic heterocycles. The van der Waals surface area contributed by atoms with Gasteiger partial charge in [0.2, 0.25) is 0 Å². The molecule has 0 radical (unpaired) electrons. The summed E-state index contributed by atoms with van der Waals surface area (Å²) < 4.78 is 13.7. The average molecular weight is 858 g/mol. The summed E-state index contributed by atoms with van der Waals surface area (Å²) in [5.74, 6) is 0. The second-order valence-electron chi connectivity index (χ2n) is 18.7. The molecule has 2 aliphatic rings. The SMILES string of the molecule is CC1(C)c2ccccc2-c2ccc(N(c3ccc4c(c3)C(c3ccccc3)(c3ccccc3)c3ccccc3-4)c3cccc4oc5cc6c(cc5c34)oc3cccc(-c4ccccc4)c36)cc21. The smallest absolute Gasteiger partial charge is 0.137 e. The zero-order valence-electron chi connectivity index (χ0n) is 37.1. The highest BCUT2D eigenvalue weighted by atomic mass is 16.3. The highest BCUT2D eigenvalue weighted by molar-refractivity contribution is 6.20. The van der Waals surface area contributed by atoms with Gasteiger partial charge in [0.25, 0.3) is 0 Å². The molecule has 14 rings (SSSR count). The van der Waals surface area contributed by atoms with Gasteiger partial charge in [0.15, 0.2) is 0 Å². The van der Waals surface area contributed by atoms with Crippen LogP contribution in [0.25, 0.3) is 77.3 Å². The van der Waals surface area contributed by atoms with Crippen LogP contribution in [-0.4, -0.2) is 0 Å². The van der Waals surface area contributed by atoms with Crippen LogP contribution >= 0.6 is 0 Å². The first kappa shape index (κ1) is 37.9. The molecule has 10 aromatic carbocycles. The van der Waals surface area contributed by atoms with E-state index >= 15 is 0 Å². The lowest BCUT2D eigenvalue weighted by atomic mass is 9.67. The first-order chi connectivity index (χ1) is 33.0. The molecule has 0 spiro atoms. The minimum absolute atomic E-state index is 0.192. The van der Waals surface area contributed by atoms with Gasteiger partial charge in [0.05, 0.1) is 16.5 Å². The molecule has 0 fully saturated rings. The molecule has 12 aromatic rings. The molecule has 2 heterocycles. The predicted octanol–water partition coefficient (Wildman–Crippen LogP) is 17.3. The Morgan fingerprint density at radius 1 is 0.343 bits per heavy atom. The Bertz CT molecular complexity index is 3910.